The number of hydrogen-bond donors (Lipinski definition) is 1. The molecule has 1 saturated carbocycles. The van der Waals surface area contributed by atoms with Gasteiger partial charge in [0.15, 0.2) is 11.9 Å². The number of aromatic nitrogens is 4. The monoisotopic (exact) mass is 826 g/mol. The molecule has 322 valence electrons. The minimum atomic E-state index is -0.142. The van der Waals surface area contributed by atoms with Gasteiger partial charge in [-0.3, -0.25) is 4.99 Å². The van der Waals surface area contributed by atoms with Gasteiger partial charge in [-0.25, -0.2) is 4.68 Å². The molecule has 0 spiro atoms. The van der Waals surface area contributed by atoms with E-state index in [0.717, 1.165) is 49.6 Å². The van der Waals surface area contributed by atoms with Crippen molar-refractivity contribution in [2.75, 3.05) is 124 Å². The van der Waals surface area contributed by atoms with Gasteiger partial charge in [0.2, 0.25) is 5.28 Å². The Morgan fingerprint density at radius 3 is 2.04 bits per heavy atom. The largest absolute Gasteiger partial charge is 0.379 e. The summed E-state index contributed by atoms with van der Waals surface area (Å²) in [5, 5.41) is 9.48. The summed E-state index contributed by atoms with van der Waals surface area (Å²) in [4.78, 5) is 26.1. The van der Waals surface area contributed by atoms with E-state index in [9.17, 15) is 4.79 Å². The summed E-state index contributed by atoms with van der Waals surface area (Å²) in [5.74, 6) is 6.27. The Morgan fingerprint density at radius 2 is 1.44 bits per heavy atom. The lowest BCUT2D eigenvalue weighted by atomic mass is 10.2. The highest BCUT2D eigenvalue weighted by Crippen LogP contribution is 2.35. The zero-order chi connectivity index (χ0) is 40.2. The number of carbonyl (C=O) groups excluding carboxylic acids is 1. The van der Waals surface area contributed by atoms with Crippen LogP contribution in [0.5, 0.6) is 0 Å². The second-order valence-electron chi connectivity index (χ2n) is 13.4. The van der Waals surface area contributed by atoms with Crippen molar-refractivity contribution in [3.05, 3.63) is 11.5 Å². The molecule has 0 bridgehead atoms. The Bertz CT molecular complexity index is 1430. The number of ether oxygens (including phenoxy) is 9. The normalized spacial score (nSPS) is 17.8. The lowest BCUT2D eigenvalue weighted by Crippen LogP contribution is -2.37. The maximum Gasteiger partial charge on any atom is 0.226 e. The molecule has 1 aliphatic heterocycles. The van der Waals surface area contributed by atoms with Crippen LogP contribution in [0.3, 0.4) is 0 Å². The van der Waals surface area contributed by atoms with Gasteiger partial charge in [-0.15, -0.1) is 0 Å². The number of fused-ring (bicyclic) bond motifs is 1. The molecule has 4 rings (SSSR count). The fraction of sp³-hybridized carbons (Fsp3) is 0.789. The zero-order valence-corrected chi connectivity index (χ0v) is 34.3. The highest BCUT2D eigenvalue weighted by molar-refractivity contribution is 6.31. The van der Waals surface area contributed by atoms with Crippen LogP contribution in [0.15, 0.2) is 16.3 Å². The van der Waals surface area contributed by atoms with Crippen LogP contribution in [0.4, 0.5) is 5.82 Å². The molecule has 2 N–H and O–H groups in total. The van der Waals surface area contributed by atoms with E-state index in [0.29, 0.717) is 136 Å². The van der Waals surface area contributed by atoms with Gasteiger partial charge in [0.25, 0.3) is 0 Å². The van der Waals surface area contributed by atoms with Gasteiger partial charge in [-0.1, -0.05) is 19.8 Å². The molecule has 0 radical (unpaired) electrons. The maximum atomic E-state index is 10.2. The van der Waals surface area contributed by atoms with E-state index in [1.54, 1.807) is 6.21 Å². The molecule has 0 aromatic carbocycles. The summed E-state index contributed by atoms with van der Waals surface area (Å²) >= 11 is 6.50. The molecular weight excluding hydrogens is 764 g/mol. The quantitative estimate of drug-likeness (QED) is 0.0269. The first-order valence-electron chi connectivity index (χ1n) is 20.3. The van der Waals surface area contributed by atoms with Crippen molar-refractivity contribution >= 4 is 46.7 Å². The van der Waals surface area contributed by atoms with Crippen molar-refractivity contribution < 1.29 is 47.4 Å². The minimum absolute atomic E-state index is 0.142. The van der Waals surface area contributed by atoms with Crippen molar-refractivity contribution in [3.63, 3.8) is 0 Å². The molecule has 57 heavy (non-hydrogen) atoms. The highest BCUT2D eigenvalue weighted by atomic mass is 35.5. The number of aliphatic imine (C=N–C) groups is 1. The van der Waals surface area contributed by atoms with E-state index in [1.165, 1.54) is 12.8 Å². The van der Waals surface area contributed by atoms with Crippen LogP contribution < -0.4 is 10.7 Å². The van der Waals surface area contributed by atoms with Crippen molar-refractivity contribution in [1.29, 1.82) is 0 Å². The van der Waals surface area contributed by atoms with E-state index in [4.69, 9.17) is 65.1 Å². The van der Waals surface area contributed by atoms with Crippen molar-refractivity contribution in [3.8, 4) is 0 Å². The van der Waals surface area contributed by atoms with Crippen LogP contribution in [0.1, 0.15) is 64.5 Å². The van der Waals surface area contributed by atoms with E-state index in [1.807, 2.05) is 10.9 Å². The Kier molecular flexibility index (Phi) is 24.1. The third-order valence-corrected chi connectivity index (χ3v) is 9.54. The Balaban J connectivity index is 0.981. The third-order valence-electron chi connectivity index (χ3n) is 9.37. The molecule has 19 heteroatoms. The van der Waals surface area contributed by atoms with E-state index < -0.39 is 0 Å². The summed E-state index contributed by atoms with van der Waals surface area (Å²) in [7, 11) is 0. The first kappa shape index (κ1) is 46.8. The van der Waals surface area contributed by atoms with Gasteiger partial charge >= 0.3 is 0 Å². The molecule has 0 amide bonds. The standard InChI is InChI=1S/C38H63ClN8O10/c1-2-33-8-9-35(57-33)47-37-34(29-42-47)36(43-38(39)44-37)46(32-6-3-4-7-32)11-15-51-18-21-54-24-25-55-26-27-56-30-31(45-40)28-41-10-14-50-17-20-53-23-22-52-19-16-49-13-5-12-48/h12,28-29,32-33,35H,2-11,13-27,30,40H2,1H3/b41-28?,45-31+. The molecule has 3 heterocycles. The third kappa shape index (κ3) is 17.9. The van der Waals surface area contributed by atoms with Crippen LogP contribution in [-0.2, 0) is 47.4 Å². The first-order chi connectivity index (χ1) is 28.1. The Morgan fingerprint density at radius 1 is 0.842 bits per heavy atom. The molecular formula is C38H63ClN8O10. The molecule has 2 fully saturated rings. The van der Waals surface area contributed by atoms with Gasteiger partial charge in [-0.05, 0) is 43.7 Å². The van der Waals surface area contributed by atoms with Crippen molar-refractivity contribution in [1.82, 2.24) is 19.7 Å². The average molecular weight is 827 g/mol. The number of halogens is 1. The maximum absolute atomic E-state index is 10.2. The van der Waals surface area contributed by atoms with E-state index in [-0.39, 0.29) is 24.2 Å². The number of rotatable bonds is 34. The Hall–Kier alpha value is -2.91. The van der Waals surface area contributed by atoms with E-state index >= 15 is 0 Å². The predicted molar refractivity (Wildman–Crippen MR) is 216 cm³/mol. The summed E-state index contributed by atoms with van der Waals surface area (Å²) in [6, 6.07) is 0.359. The second-order valence-corrected chi connectivity index (χ2v) is 13.8. The van der Waals surface area contributed by atoms with Crippen LogP contribution in [0, 0.1) is 0 Å². The van der Waals surface area contributed by atoms with E-state index in [2.05, 4.69) is 32.0 Å². The summed E-state index contributed by atoms with van der Waals surface area (Å²) < 4.78 is 52.5. The van der Waals surface area contributed by atoms with Gasteiger partial charge < -0.3 is 58.2 Å². The molecule has 2 atom stereocenters. The van der Waals surface area contributed by atoms with Gasteiger partial charge in [-0.2, -0.15) is 20.2 Å². The fourth-order valence-corrected chi connectivity index (χ4v) is 6.61. The van der Waals surface area contributed by atoms with Crippen LogP contribution in [-0.4, -0.2) is 169 Å². The van der Waals surface area contributed by atoms with Crippen LogP contribution >= 0.6 is 11.6 Å². The highest BCUT2D eigenvalue weighted by Gasteiger charge is 2.30. The first-order valence-corrected chi connectivity index (χ1v) is 20.7. The molecule has 2 aromatic heterocycles. The molecule has 1 saturated heterocycles. The minimum Gasteiger partial charge on any atom is -0.379 e. The Labute approximate surface area is 341 Å². The van der Waals surface area contributed by atoms with Crippen LogP contribution in [0.25, 0.3) is 11.0 Å². The van der Waals surface area contributed by atoms with Gasteiger partial charge in [0, 0.05) is 25.2 Å². The topological polar surface area (TPSA) is 198 Å². The van der Waals surface area contributed by atoms with Crippen LogP contribution in [0.2, 0.25) is 5.28 Å². The molecule has 18 nitrogen and oxygen atoms in total. The summed E-state index contributed by atoms with van der Waals surface area (Å²) in [5.41, 5.74) is 1.23. The number of carbonyl (C=O) groups is 1. The molecule has 2 unspecified atom stereocenters. The average Bonchev–Trinajstić information content (AvgIpc) is 4.02. The zero-order valence-electron chi connectivity index (χ0n) is 33.5. The summed E-state index contributed by atoms with van der Waals surface area (Å²) in [6.07, 6.45) is 12.2. The number of anilines is 1. The molecule has 2 aromatic rings. The lowest BCUT2D eigenvalue weighted by molar-refractivity contribution is -0.109. The SMILES string of the molecule is CCC1CCC(n2ncc3c(N(CCOCCOCCOCCOC/C(C=NCCOCCOCCOCCOCCC=O)=N/N)C4CCCC4)nc(Cl)nc32)O1. The van der Waals surface area contributed by atoms with Crippen molar-refractivity contribution in [2.45, 2.75) is 76.7 Å². The second kappa shape index (κ2) is 29.3. The van der Waals surface area contributed by atoms with Crippen molar-refractivity contribution in [2.24, 2.45) is 15.9 Å². The number of hydrazone groups is 1. The van der Waals surface area contributed by atoms with Gasteiger partial charge in [0.1, 0.15) is 17.8 Å². The number of nitrogens with two attached hydrogens (primary N) is 1. The number of aldehydes is 1. The summed E-state index contributed by atoms with van der Waals surface area (Å²) in [6.45, 7) is 10.3. The molecule has 1 aliphatic carbocycles. The van der Waals surface area contributed by atoms with Gasteiger partial charge in [0.05, 0.1) is 130 Å². The number of nitrogens with zero attached hydrogens (tertiary/aromatic N) is 7. The predicted octanol–water partition coefficient (Wildman–Crippen LogP) is 3.42. The lowest BCUT2D eigenvalue weighted by Gasteiger charge is -2.30. The fourth-order valence-electron chi connectivity index (χ4n) is 6.45. The smallest absolute Gasteiger partial charge is 0.226 e. The number of hydrogen-bond acceptors (Lipinski definition) is 17. The molecule has 2 aliphatic rings.